The molecule has 0 aliphatic heterocycles. The summed E-state index contributed by atoms with van der Waals surface area (Å²) in [5.41, 5.74) is 6.42. The highest BCUT2D eigenvalue weighted by Crippen LogP contribution is 2.33. The van der Waals surface area contributed by atoms with Gasteiger partial charge in [0.15, 0.2) is 5.84 Å². The highest BCUT2D eigenvalue weighted by atomic mass is 16.5. The van der Waals surface area contributed by atoms with E-state index in [-0.39, 0.29) is 5.84 Å². The second-order valence-electron chi connectivity index (χ2n) is 4.90. The van der Waals surface area contributed by atoms with Gasteiger partial charge >= 0.3 is 0 Å². The monoisotopic (exact) mass is 256 g/mol. The first-order valence-corrected chi connectivity index (χ1v) is 6.42. The molecule has 0 heterocycles. The van der Waals surface area contributed by atoms with Crippen LogP contribution in [0.5, 0.6) is 5.75 Å². The van der Waals surface area contributed by atoms with Crippen molar-refractivity contribution in [2.24, 2.45) is 16.8 Å². The van der Waals surface area contributed by atoms with E-state index in [2.05, 4.69) is 5.16 Å². The molecule has 4 heteroatoms. The Morgan fingerprint density at radius 1 is 1.21 bits per heavy atom. The maximum Gasteiger partial charge on any atom is 0.170 e. The van der Waals surface area contributed by atoms with E-state index in [1.54, 1.807) is 0 Å². The number of hydrogen-bond acceptors (Lipinski definition) is 3. The van der Waals surface area contributed by atoms with Crippen molar-refractivity contribution < 1.29 is 9.94 Å². The number of fused-ring (bicyclic) bond motifs is 1. The van der Waals surface area contributed by atoms with Crippen molar-refractivity contribution >= 4 is 16.6 Å². The quantitative estimate of drug-likeness (QED) is 0.382. The molecule has 3 rings (SSSR count). The summed E-state index contributed by atoms with van der Waals surface area (Å²) in [5.74, 6) is 1.68. The largest absolute Gasteiger partial charge is 0.493 e. The van der Waals surface area contributed by atoms with E-state index in [1.165, 1.54) is 12.8 Å². The van der Waals surface area contributed by atoms with Gasteiger partial charge in [0.1, 0.15) is 5.75 Å². The normalized spacial score (nSPS) is 15.7. The maximum atomic E-state index is 8.83. The number of nitrogens with two attached hydrogens (primary N) is 1. The third kappa shape index (κ3) is 2.34. The van der Waals surface area contributed by atoms with Crippen LogP contribution in [-0.2, 0) is 0 Å². The molecule has 98 valence electrons. The zero-order valence-electron chi connectivity index (χ0n) is 10.5. The third-order valence-electron chi connectivity index (χ3n) is 3.44. The summed E-state index contributed by atoms with van der Waals surface area (Å²) >= 11 is 0. The molecule has 1 aliphatic rings. The van der Waals surface area contributed by atoms with Crippen LogP contribution in [0.4, 0.5) is 0 Å². The van der Waals surface area contributed by atoms with E-state index in [0.717, 1.165) is 28.7 Å². The molecule has 0 bridgehead atoms. The van der Waals surface area contributed by atoms with E-state index in [0.29, 0.717) is 5.92 Å². The average molecular weight is 256 g/mol. The van der Waals surface area contributed by atoms with Gasteiger partial charge in [0.05, 0.1) is 6.61 Å². The number of hydrogen-bond donors (Lipinski definition) is 2. The van der Waals surface area contributed by atoms with Crippen LogP contribution < -0.4 is 10.5 Å². The summed E-state index contributed by atoms with van der Waals surface area (Å²) < 4.78 is 5.87. The van der Waals surface area contributed by atoms with Crippen LogP contribution >= 0.6 is 0 Å². The van der Waals surface area contributed by atoms with E-state index in [9.17, 15) is 0 Å². The molecule has 1 aliphatic carbocycles. The molecule has 4 nitrogen and oxygen atoms in total. The highest BCUT2D eigenvalue weighted by molar-refractivity contribution is 6.10. The van der Waals surface area contributed by atoms with E-state index in [1.807, 2.05) is 36.4 Å². The average Bonchev–Trinajstić information content (AvgIpc) is 3.28. The van der Waals surface area contributed by atoms with Crippen LogP contribution in [-0.4, -0.2) is 17.6 Å². The summed E-state index contributed by atoms with van der Waals surface area (Å²) in [6, 6.07) is 11.6. The van der Waals surface area contributed by atoms with Crippen molar-refractivity contribution in [1.29, 1.82) is 0 Å². The number of ether oxygens (including phenoxy) is 1. The molecular formula is C15H16N2O2. The second kappa shape index (κ2) is 4.80. The predicted molar refractivity (Wildman–Crippen MR) is 74.7 cm³/mol. The van der Waals surface area contributed by atoms with Crippen molar-refractivity contribution in [1.82, 2.24) is 0 Å². The summed E-state index contributed by atoms with van der Waals surface area (Å²) in [6.07, 6.45) is 2.53. The van der Waals surface area contributed by atoms with Gasteiger partial charge in [-0.15, -0.1) is 0 Å². The summed E-state index contributed by atoms with van der Waals surface area (Å²) in [4.78, 5) is 0. The Hall–Kier alpha value is -2.23. The molecule has 0 aromatic heterocycles. The van der Waals surface area contributed by atoms with Crippen molar-refractivity contribution in [3.63, 3.8) is 0 Å². The van der Waals surface area contributed by atoms with Gasteiger partial charge in [-0.2, -0.15) is 0 Å². The lowest BCUT2D eigenvalue weighted by Gasteiger charge is -2.11. The fourth-order valence-electron chi connectivity index (χ4n) is 2.17. The molecule has 2 aromatic rings. The molecule has 1 saturated carbocycles. The SMILES string of the molecule is N/C(=N/O)c1ccc(OCC2CC2)c2ccccc12. The molecule has 3 N–H and O–H groups in total. The zero-order chi connectivity index (χ0) is 13.2. The molecule has 0 atom stereocenters. The maximum absolute atomic E-state index is 8.83. The van der Waals surface area contributed by atoms with Gasteiger partial charge in [0, 0.05) is 10.9 Å². The molecule has 2 aromatic carbocycles. The smallest absolute Gasteiger partial charge is 0.170 e. The fourth-order valence-corrected chi connectivity index (χ4v) is 2.17. The number of oxime groups is 1. The molecule has 19 heavy (non-hydrogen) atoms. The molecular weight excluding hydrogens is 240 g/mol. The predicted octanol–water partition coefficient (Wildman–Crippen LogP) is 2.72. The minimum atomic E-state index is 0.116. The minimum absolute atomic E-state index is 0.116. The van der Waals surface area contributed by atoms with Crippen LogP contribution in [0.25, 0.3) is 10.8 Å². The highest BCUT2D eigenvalue weighted by Gasteiger charge is 2.22. The Morgan fingerprint density at radius 3 is 2.63 bits per heavy atom. The molecule has 0 radical (unpaired) electrons. The molecule has 1 fully saturated rings. The lowest BCUT2D eigenvalue weighted by molar-refractivity contribution is 0.303. The Morgan fingerprint density at radius 2 is 1.95 bits per heavy atom. The summed E-state index contributed by atoms with van der Waals surface area (Å²) in [7, 11) is 0. The van der Waals surface area contributed by atoms with Gasteiger partial charge < -0.3 is 15.7 Å². The molecule has 0 unspecified atom stereocenters. The van der Waals surface area contributed by atoms with Gasteiger partial charge in [-0.25, -0.2) is 0 Å². The lowest BCUT2D eigenvalue weighted by Crippen LogP contribution is -2.13. The van der Waals surface area contributed by atoms with Crippen LogP contribution in [0.2, 0.25) is 0 Å². The third-order valence-corrected chi connectivity index (χ3v) is 3.44. The first-order valence-electron chi connectivity index (χ1n) is 6.42. The Bertz CT molecular complexity index is 633. The van der Waals surface area contributed by atoms with Gasteiger partial charge in [-0.05, 0) is 36.3 Å². The van der Waals surface area contributed by atoms with E-state index in [4.69, 9.17) is 15.7 Å². The van der Waals surface area contributed by atoms with Gasteiger partial charge in [-0.1, -0.05) is 29.4 Å². The van der Waals surface area contributed by atoms with Crippen LogP contribution in [0.1, 0.15) is 18.4 Å². The first kappa shape index (κ1) is 11.8. The minimum Gasteiger partial charge on any atom is -0.493 e. The number of nitrogens with zero attached hydrogens (tertiary/aromatic N) is 1. The van der Waals surface area contributed by atoms with Crippen molar-refractivity contribution in [3.8, 4) is 5.75 Å². The molecule has 0 amide bonds. The van der Waals surface area contributed by atoms with Gasteiger partial charge in [0.25, 0.3) is 0 Å². The van der Waals surface area contributed by atoms with Crippen molar-refractivity contribution in [3.05, 3.63) is 42.0 Å². The Balaban J connectivity index is 2.04. The number of rotatable bonds is 4. The lowest BCUT2D eigenvalue weighted by atomic mass is 10.0. The van der Waals surface area contributed by atoms with E-state index >= 15 is 0 Å². The topological polar surface area (TPSA) is 67.8 Å². The second-order valence-corrected chi connectivity index (χ2v) is 4.90. The standard InChI is InChI=1S/C15H16N2O2/c16-15(17-18)13-7-8-14(19-9-10-5-6-10)12-4-2-1-3-11(12)13/h1-4,7-8,10,18H,5-6,9H2,(H2,16,17). The molecule has 0 saturated heterocycles. The fraction of sp³-hybridized carbons (Fsp3) is 0.267. The van der Waals surface area contributed by atoms with Crippen molar-refractivity contribution in [2.75, 3.05) is 6.61 Å². The number of amidine groups is 1. The van der Waals surface area contributed by atoms with Gasteiger partial charge in [-0.3, -0.25) is 0 Å². The number of benzene rings is 2. The zero-order valence-corrected chi connectivity index (χ0v) is 10.5. The molecule has 0 spiro atoms. The van der Waals surface area contributed by atoms with Crippen LogP contribution in [0, 0.1) is 5.92 Å². The Kier molecular flexibility index (Phi) is 2.99. The van der Waals surface area contributed by atoms with Gasteiger partial charge in [0.2, 0.25) is 0 Å². The Labute approximate surface area is 111 Å². The summed E-state index contributed by atoms with van der Waals surface area (Å²) in [5, 5.41) is 13.8. The van der Waals surface area contributed by atoms with Crippen molar-refractivity contribution in [2.45, 2.75) is 12.8 Å². The summed E-state index contributed by atoms with van der Waals surface area (Å²) in [6.45, 7) is 0.771. The van der Waals surface area contributed by atoms with Crippen LogP contribution in [0.3, 0.4) is 0 Å². The first-order chi connectivity index (χ1) is 9.29. The van der Waals surface area contributed by atoms with Crippen LogP contribution in [0.15, 0.2) is 41.6 Å². The van der Waals surface area contributed by atoms with E-state index < -0.39 is 0 Å².